The lowest BCUT2D eigenvalue weighted by Gasteiger charge is -2.16. The van der Waals surface area contributed by atoms with Gasteiger partial charge in [0.2, 0.25) is 0 Å². The quantitative estimate of drug-likeness (QED) is 0.941. The molecule has 1 atom stereocenters. The Morgan fingerprint density at radius 2 is 1.71 bits per heavy atom. The summed E-state index contributed by atoms with van der Waals surface area (Å²) in [5.41, 5.74) is 3.14. The lowest BCUT2D eigenvalue weighted by atomic mass is 9.98. The Morgan fingerprint density at radius 1 is 1.10 bits per heavy atom. The van der Waals surface area contributed by atoms with Gasteiger partial charge >= 0.3 is 0 Å². The van der Waals surface area contributed by atoms with Crippen molar-refractivity contribution in [2.24, 2.45) is 0 Å². The van der Waals surface area contributed by atoms with E-state index in [1.54, 1.807) is 18.2 Å². The molecule has 112 valence electrons. The van der Waals surface area contributed by atoms with Gasteiger partial charge in [0.1, 0.15) is 6.10 Å². The molecule has 0 fully saturated rings. The first kappa shape index (κ1) is 16.0. The third-order valence-corrected chi connectivity index (χ3v) is 4.95. The van der Waals surface area contributed by atoms with Crippen LogP contribution in [0.1, 0.15) is 28.4 Å². The van der Waals surface area contributed by atoms with Crippen molar-refractivity contribution in [2.45, 2.75) is 24.8 Å². The van der Waals surface area contributed by atoms with E-state index in [9.17, 15) is 13.5 Å². The summed E-state index contributed by atoms with van der Waals surface area (Å²) in [6.07, 6.45) is 0.181. The maximum Gasteiger partial charge on any atom is 0.175 e. The Morgan fingerprint density at radius 3 is 2.33 bits per heavy atom. The summed E-state index contributed by atoms with van der Waals surface area (Å²) in [4.78, 5) is 0.180. The van der Waals surface area contributed by atoms with Crippen LogP contribution in [-0.4, -0.2) is 19.8 Å². The van der Waals surface area contributed by atoms with E-state index in [0.717, 1.165) is 17.4 Å². The molecule has 0 aromatic heterocycles. The van der Waals surface area contributed by atoms with Gasteiger partial charge in [0, 0.05) is 16.8 Å². The first-order valence-corrected chi connectivity index (χ1v) is 8.72. The number of hydrogen-bond donors (Lipinski definition) is 1. The van der Waals surface area contributed by atoms with Crippen molar-refractivity contribution < 1.29 is 13.5 Å². The van der Waals surface area contributed by atoms with Gasteiger partial charge < -0.3 is 5.11 Å². The molecule has 0 aliphatic carbocycles. The van der Waals surface area contributed by atoms with Gasteiger partial charge in [-0.1, -0.05) is 29.8 Å². The molecule has 2 aromatic rings. The molecule has 21 heavy (non-hydrogen) atoms. The Balaban J connectivity index is 2.50. The molecular weight excluding hydrogens is 308 g/mol. The monoisotopic (exact) mass is 324 g/mol. The molecule has 2 aromatic carbocycles. The highest BCUT2D eigenvalue weighted by atomic mass is 35.5. The number of hydrogen-bond acceptors (Lipinski definition) is 3. The number of halogens is 1. The van der Waals surface area contributed by atoms with Crippen molar-refractivity contribution >= 4 is 21.4 Å². The van der Waals surface area contributed by atoms with Gasteiger partial charge in [-0.25, -0.2) is 8.42 Å². The zero-order valence-electron chi connectivity index (χ0n) is 12.1. The fraction of sp³-hybridized carbons (Fsp3) is 0.250. The van der Waals surface area contributed by atoms with E-state index in [2.05, 4.69) is 0 Å². The van der Waals surface area contributed by atoms with Gasteiger partial charge in [-0.2, -0.15) is 0 Å². The molecule has 0 heterocycles. The van der Waals surface area contributed by atoms with Gasteiger partial charge in [-0.3, -0.25) is 0 Å². The van der Waals surface area contributed by atoms with Crippen LogP contribution in [0, 0.1) is 13.8 Å². The SMILES string of the molecule is Cc1cc(Cl)c(C(O)c2cccc(S(C)(=O)=O)c2)cc1C. The zero-order valence-corrected chi connectivity index (χ0v) is 13.7. The van der Waals surface area contributed by atoms with Crippen molar-refractivity contribution in [2.75, 3.05) is 6.26 Å². The first-order chi connectivity index (χ1) is 9.70. The molecule has 0 radical (unpaired) electrons. The summed E-state index contributed by atoms with van der Waals surface area (Å²) in [7, 11) is -3.31. The van der Waals surface area contributed by atoms with Crippen LogP contribution in [0.3, 0.4) is 0 Å². The van der Waals surface area contributed by atoms with E-state index in [1.165, 1.54) is 12.1 Å². The van der Waals surface area contributed by atoms with E-state index >= 15 is 0 Å². The second kappa shape index (κ2) is 5.79. The molecule has 3 nitrogen and oxygen atoms in total. The molecule has 0 aliphatic rings. The molecular formula is C16H17ClO3S. The summed E-state index contributed by atoms with van der Waals surface area (Å²) < 4.78 is 23.2. The third kappa shape index (κ3) is 3.46. The predicted molar refractivity (Wildman–Crippen MR) is 84.5 cm³/mol. The van der Waals surface area contributed by atoms with Gasteiger partial charge in [0.25, 0.3) is 0 Å². The van der Waals surface area contributed by atoms with Crippen LogP contribution in [0.4, 0.5) is 0 Å². The number of benzene rings is 2. The number of sulfone groups is 1. The van der Waals surface area contributed by atoms with Crippen LogP contribution in [0.5, 0.6) is 0 Å². The number of aryl methyl sites for hydroxylation is 2. The predicted octanol–water partition coefficient (Wildman–Crippen LogP) is 3.44. The highest BCUT2D eigenvalue weighted by Crippen LogP contribution is 2.31. The fourth-order valence-corrected chi connectivity index (χ4v) is 3.11. The zero-order chi connectivity index (χ0) is 15.8. The first-order valence-electron chi connectivity index (χ1n) is 6.45. The van der Waals surface area contributed by atoms with Crippen molar-refractivity contribution in [3.8, 4) is 0 Å². The van der Waals surface area contributed by atoms with Gasteiger partial charge in [0.05, 0.1) is 4.90 Å². The van der Waals surface area contributed by atoms with E-state index in [0.29, 0.717) is 16.1 Å². The Bertz CT molecular complexity index is 782. The highest BCUT2D eigenvalue weighted by molar-refractivity contribution is 7.90. The maximum absolute atomic E-state index is 11.6. The van der Waals surface area contributed by atoms with E-state index in [-0.39, 0.29) is 4.90 Å². The second-order valence-electron chi connectivity index (χ2n) is 5.21. The highest BCUT2D eigenvalue weighted by Gasteiger charge is 2.17. The molecule has 5 heteroatoms. The molecule has 0 bridgehead atoms. The van der Waals surface area contributed by atoms with E-state index < -0.39 is 15.9 Å². The van der Waals surface area contributed by atoms with E-state index in [1.807, 2.05) is 19.9 Å². The van der Waals surface area contributed by atoms with Crippen molar-refractivity contribution in [1.82, 2.24) is 0 Å². The van der Waals surface area contributed by atoms with Crippen LogP contribution in [0.25, 0.3) is 0 Å². The third-order valence-electron chi connectivity index (χ3n) is 3.51. The average molecular weight is 325 g/mol. The van der Waals surface area contributed by atoms with E-state index in [4.69, 9.17) is 11.6 Å². The van der Waals surface area contributed by atoms with Crippen LogP contribution < -0.4 is 0 Å². The fourth-order valence-electron chi connectivity index (χ4n) is 2.11. The minimum atomic E-state index is -3.31. The number of aliphatic hydroxyl groups is 1. The van der Waals surface area contributed by atoms with Crippen molar-refractivity contribution in [3.63, 3.8) is 0 Å². The molecule has 1 unspecified atom stereocenters. The molecule has 2 rings (SSSR count). The van der Waals surface area contributed by atoms with Crippen LogP contribution in [0.2, 0.25) is 5.02 Å². The van der Waals surface area contributed by atoms with Crippen LogP contribution >= 0.6 is 11.6 Å². The molecule has 0 saturated carbocycles. The molecule has 0 saturated heterocycles. The Hall–Kier alpha value is -1.36. The van der Waals surface area contributed by atoms with Crippen LogP contribution in [-0.2, 0) is 9.84 Å². The summed E-state index contributed by atoms with van der Waals surface area (Å²) in [6.45, 7) is 3.89. The van der Waals surface area contributed by atoms with Gasteiger partial charge in [-0.05, 0) is 48.7 Å². The topological polar surface area (TPSA) is 54.4 Å². The maximum atomic E-state index is 11.6. The van der Waals surface area contributed by atoms with Crippen molar-refractivity contribution in [3.05, 3.63) is 63.7 Å². The number of aliphatic hydroxyl groups excluding tert-OH is 1. The lowest BCUT2D eigenvalue weighted by Crippen LogP contribution is -2.04. The molecule has 1 N–H and O–H groups in total. The second-order valence-corrected chi connectivity index (χ2v) is 7.63. The average Bonchev–Trinajstić information content (AvgIpc) is 2.41. The number of rotatable bonds is 3. The van der Waals surface area contributed by atoms with Gasteiger partial charge in [0.15, 0.2) is 9.84 Å². The normalized spacial score (nSPS) is 13.2. The molecule has 0 amide bonds. The summed E-state index contributed by atoms with van der Waals surface area (Å²) in [5, 5.41) is 11.0. The smallest absolute Gasteiger partial charge is 0.175 e. The van der Waals surface area contributed by atoms with Crippen molar-refractivity contribution in [1.29, 1.82) is 0 Å². The van der Waals surface area contributed by atoms with Gasteiger partial charge in [-0.15, -0.1) is 0 Å². The summed E-state index contributed by atoms with van der Waals surface area (Å²) in [5.74, 6) is 0. The standard InChI is InChI=1S/C16H17ClO3S/c1-10-7-14(15(17)8-11(10)2)16(18)12-5-4-6-13(9-12)21(3,19)20/h4-9,16,18H,1-3H3. The minimum absolute atomic E-state index is 0.180. The lowest BCUT2D eigenvalue weighted by molar-refractivity contribution is 0.220. The Kier molecular flexibility index (Phi) is 4.42. The molecule has 0 aliphatic heterocycles. The molecule has 0 spiro atoms. The summed E-state index contributed by atoms with van der Waals surface area (Å²) in [6, 6.07) is 9.92. The Labute approximate surface area is 130 Å². The summed E-state index contributed by atoms with van der Waals surface area (Å²) >= 11 is 6.20. The largest absolute Gasteiger partial charge is 0.384 e. The minimum Gasteiger partial charge on any atom is -0.384 e. The van der Waals surface area contributed by atoms with Crippen LogP contribution in [0.15, 0.2) is 41.3 Å².